The molecule has 0 aliphatic rings. The van der Waals surface area contributed by atoms with Gasteiger partial charge in [0.2, 0.25) is 0 Å². The molecule has 3 nitrogen and oxygen atoms in total. The summed E-state index contributed by atoms with van der Waals surface area (Å²) in [4.78, 5) is 8.56. The highest BCUT2D eigenvalue weighted by atomic mass is 15.0. The molecule has 3 aromatic rings. The van der Waals surface area contributed by atoms with Gasteiger partial charge in [0.25, 0.3) is 0 Å². The first-order valence-electron chi connectivity index (χ1n) is 6.30. The zero-order chi connectivity index (χ0) is 13.1. The minimum Gasteiger partial charge on any atom is -0.332 e. The fraction of sp³-hybridized carbons (Fsp3) is 0.125. The number of allylic oxidation sites excluding steroid dienone is 1. The fourth-order valence-corrected chi connectivity index (χ4v) is 2.06. The van der Waals surface area contributed by atoms with Crippen molar-refractivity contribution in [3.8, 4) is 0 Å². The molecule has 0 saturated carbocycles. The molecule has 0 amide bonds. The van der Waals surface area contributed by atoms with Gasteiger partial charge in [-0.3, -0.25) is 0 Å². The Kier molecular flexibility index (Phi) is 3.11. The van der Waals surface area contributed by atoms with Crippen molar-refractivity contribution in [2.24, 2.45) is 7.05 Å². The van der Waals surface area contributed by atoms with E-state index >= 15 is 0 Å². The van der Waals surface area contributed by atoms with E-state index in [0.29, 0.717) is 0 Å². The molecule has 3 rings (SSSR count). The Morgan fingerprint density at radius 2 is 2.00 bits per heavy atom. The topological polar surface area (TPSA) is 30.7 Å². The predicted molar refractivity (Wildman–Crippen MR) is 77.7 cm³/mol. The smallest absolute Gasteiger partial charge is 0.177 e. The number of hydrogen-bond acceptors (Lipinski definition) is 2. The van der Waals surface area contributed by atoms with Crippen molar-refractivity contribution < 1.29 is 0 Å². The number of rotatable bonds is 3. The third kappa shape index (κ3) is 2.55. The molecule has 0 unspecified atom stereocenters. The molecular weight excluding hydrogens is 234 g/mol. The van der Waals surface area contributed by atoms with Crippen molar-refractivity contribution in [1.82, 2.24) is 14.5 Å². The van der Waals surface area contributed by atoms with E-state index < -0.39 is 0 Å². The molecule has 94 valence electrons. The normalized spacial score (nSPS) is 11.4. The number of benzene rings is 1. The number of fused-ring (bicyclic) bond motifs is 1. The number of pyridine rings is 1. The second-order valence-corrected chi connectivity index (χ2v) is 4.56. The van der Waals surface area contributed by atoms with E-state index in [-0.39, 0.29) is 0 Å². The van der Waals surface area contributed by atoms with E-state index in [1.54, 1.807) is 6.33 Å². The average molecular weight is 249 g/mol. The summed E-state index contributed by atoms with van der Waals surface area (Å²) < 4.78 is 1.98. The first-order chi connectivity index (χ1) is 9.33. The van der Waals surface area contributed by atoms with Crippen LogP contribution < -0.4 is 0 Å². The minimum absolute atomic E-state index is 0.794. The Hall–Kier alpha value is -2.42. The van der Waals surface area contributed by atoms with E-state index in [0.717, 1.165) is 23.1 Å². The van der Waals surface area contributed by atoms with Gasteiger partial charge < -0.3 is 4.57 Å². The van der Waals surface area contributed by atoms with Gasteiger partial charge in [0, 0.05) is 13.2 Å². The van der Waals surface area contributed by atoms with Crippen molar-refractivity contribution in [3.63, 3.8) is 0 Å². The monoisotopic (exact) mass is 249 g/mol. The predicted octanol–water partition coefficient (Wildman–Crippen LogP) is 3.22. The van der Waals surface area contributed by atoms with Crippen LogP contribution in [-0.2, 0) is 13.5 Å². The fourth-order valence-electron chi connectivity index (χ4n) is 2.06. The lowest BCUT2D eigenvalue weighted by atomic mass is 10.1. The van der Waals surface area contributed by atoms with Gasteiger partial charge in [-0.15, -0.1) is 0 Å². The van der Waals surface area contributed by atoms with Gasteiger partial charge >= 0.3 is 0 Å². The lowest BCUT2D eigenvalue weighted by Gasteiger charge is -1.97. The SMILES string of the molecule is Cn1cnc2ncc(/C=C/Cc3ccccc3)cc21. The van der Waals surface area contributed by atoms with E-state index in [2.05, 4.69) is 52.5 Å². The molecule has 3 heteroatoms. The van der Waals surface area contributed by atoms with E-state index in [9.17, 15) is 0 Å². The molecular formula is C16H15N3. The maximum absolute atomic E-state index is 4.34. The molecule has 0 fully saturated rings. The molecule has 19 heavy (non-hydrogen) atoms. The Balaban J connectivity index is 1.79. The van der Waals surface area contributed by atoms with Crippen LogP contribution in [0, 0.1) is 0 Å². The van der Waals surface area contributed by atoms with Crippen molar-refractivity contribution in [2.75, 3.05) is 0 Å². The Bertz CT molecular complexity index is 711. The Morgan fingerprint density at radius 1 is 1.16 bits per heavy atom. The molecule has 0 N–H and O–H groups in total. The lowest BCUT2D eigenvalue weighted by molar-refractivity contribution is 0.947. The van der Waals surface area contributed by atoms with Crippen molar-refractivity contribution in [2.45, 2.75) is 6.42 Å². The summed E-state index contributed by atoms with van der Waals surface area (Å²) in [5, 5.41) is 0. The van der Waals surface area contributed by atoms with Gasteiger partial charge in [-0.25, -0.2) is 9.97 Å². The number of imidazole rings is 1. The zero-order valence-electron chi connectivity index (χ0n) is 10.8. The van der Waals surface area contributed by atoms with Gasteiger partial charge in [0.05, 0.1) is 11.8 Å². The molecule has 0 bridgehead atoms. The molecule has 1 aromatic carbocycles. The van der Waals surface area contributed by atoms with Crippen molar-refractivity contribution >= 4 is 17.2 Å². The third-order valence-corrected chi connectivity index (χ3v) is 3.11. The molecule has 0 atom stereocenters. The van der Waals surface area contributed by atoms with E-state index in [4.69, 9.17) is 0 Å². The second kappa shape index (κ2) is 5.06. The van der Waals surface area contributed by atoms with Gasteiger partial charge in [-0.1, -0.05) is 42.5 Å². The average Bonchev–Trinajstić information content (AvgIpc) is 2.82. The summed E-state index contributed by atoms with van der Waals surface area (Å²) in [6.07, 6.45) is 8.84. The van der Waals surface area contributed by atoms with Gasteiger partial charge in [-0.05, 0) is 23.6 Å². The van der Waals surface area contributed by atoms with Crippen LogP contribution in [0.4, 0.5) is 0 Å². The van der Waals surface area contributed by atoms with Gasteiger partial charge in [-0.2, -0.15) is 0 Å². The summed E-state index contributed by atoms with van der Waals surface area (Å²) in [6, 6.07) is 12.5. The quantitative estimate of drug-likeness (QED) is 0.713. The maximum Gasteiger partial charge on any atom is 0.177 e. The highest BCUT2D eigenvalue weighted by Gasteiger charge is 2.00. The van der Waals surface area contributed by atoms with Crippen LogP contribution in [0.3, 0.4) is 0 Å². The standard InChI is InChI=1S/C16H15N3/c1-19-12-18-16-15(19)10-14(11-17-16)9-5-8-13-6-3-2-4-7-13/h2-7,9-12H,8H2,1H3/b9-5+. The first-order valence-corrected chi connectivity index (χ1v) is 6.30. The number of aromatic nitrogens is 3. The molecule has 0 aliphatic heterocycles. The van der Waals surface area contributed by atoms with E-state index in [1.165, 1.54) is 5.56 Å². The molecule has 0 saturated heterocycles. The molecule has 0 spiro atoms. The summed E-state index contributed by atoms with van der Waals surface area (Å²) >= 11 is 0. The highest BCUT2D eigenvalue weighted by Crippen LogP contribution is 2.12. The van der Waals surface area contributed by atoms with Crippen LogP contribution in [0.1, 0.15) is 11.1 Å². The van der Waals surface area contributed by atoms with Crippen molar-refractivity contribution in [1.29, 1.82) is 0 Å². The first kappa shape index (κ1) is 11.7. The molecule has 2 heterocycles. The van der Waals surface area contributed by atoms with Gasteiger partial charge in [0.15, 0.2) is 5.65 Å². The number of aryl methyl sites for hydroxylation is 1. The van der Waals surface area contributed by atoms with E-state index in [1.807, 2.05) is 23.9 Å². The van der Waals surface area contributed by atoms with Crippen LogP contribution in [0.25, 0.3) is 17.2 Å². The van der Waals surface area contributed by atoms with Crippen LogP contribution >= 0.6 is 0 Å². The second-order valence-electron chi connectivity index (χ2n) is 4.56. The summed E-state index contributed by atoms with van der Waals surface area (Å²) in [5.74, 6) is 0. The third-order valence-electron chi connectivity index (χ3n) is 3.11. The Labute approximate surface area is 112 Å². The summed E-state index contributed by atoms with van der Waals surface area (Å²) in [6.45, 7) is 0. The van der Waals surface area contributed by atoms with Gasteiger partial charge in [0.1, 0.15) is 0 Å². The molecule has 2 aromatic heterocycles. The van der Waals surface area contributed by atoms with Crippen LogP contribution in [0.2, 0.25) is 0 Å². The molecule has 0 aliphatic carbocycles. The highest BCUT2D eigenvalue weighted by molar-refractivity contribution is 5.73. The van der Waals surface area contributed by atoms with Crippen molar-refractivity contribution in [3.05, 3.63) is 66.1 Å². The minimum atomic E-state index is 0.794. The summed E-state index contributed by atoms with van der Waals surface area (Å²) in [5.41, 5.74) is 4.27. The lowest BCUT2D eigenvalue weighted by Crippen LogP contribution is -1.86. The largest absolute Gasteiger partial charge is 0.332 e. The number of hydrogen-bond donors (Lipinski definition) is 0. The summed E-state index contributed by atoms with van der Waals surface area (Å²) in [7, 11) is 1.98. The zero-order valence-corrected chi connectivity index (χ0v) is 10.8. The molecule has 0 radical (unpaired) electrons. The van der Waals surface area contributed by atoms with Crippen LogP contribution in [-0.4, -0.2) is 14.5 Å². The Morgan fingerprint density at radius 3 is 2.84 bits per heavy atom. The number of nitrogens with zero attached hydrogens (tertiary/aromatic N) is 3. The maximum atomic E-state index is 4.34. The van der Waals surface area contributed by atoms with Crippen LogP contribution in [0.5, 0.6) is 0 Å². The van der Waals surface area contributed by atoms with Crippen LogP contribution in [0.15, 0.2) is 55.0 Å².